The van der Waals surface area contributed by atoms with Gasteiger partial charge < -0.3 is 5.32 Å². The average Bonchev–Trinajstić information content (AvgIpc) is 2.49. The minimum Gasteiger partial charge on any atom is -0.321 e. The lowest BCUT2D eigenvalue weighted by atomic mass is 10.3. The number of nitrogens with zero attached hydrogens (tertiary/aromatic N) is 2. The Morgan fingerprint density at radius 1 is 1.17 bits per heavy atom. The maximum absolute atomic E-state index is 12.1. The summed E-state index contributed by atoms with van der Waals surface area (Å²) in [5.41, 5.74) is 1.42. The van der Waals surface area contributed by atoms with Crippen LogP contribution in [-0.4, -0.2) is 32.7 Å². The molecule has 0 atom stereocenters. The Labute approximate surface area is 136 Å². The number of sulfonamides is 1. The van der Waals surface area contributed by atoms with Gasteiger partial charge in [0.25, 0.3) is 5.91 Å². The van der Waals surface area contributed by atoms with Gasteiger partial charge in [-0.05, 0) is 18.2 Å². The highest BCUT2D eigenvalue weighted by molar-refractivity contribution is 7.89. The highest BCUT2D eigenvalue weighted by atomic mass is 32.2. The predicted octanol–water partition coefficient (Wildman–Crippen LogP) is 1.17. The SMILES string of the molecule is Cc1cccc[n+]1CC(=O)Nc1cccc(S(=O)(=O)N(C)C)c1. The summed E-state index contributed by atoms with van der Waals surface area (Å²) < 4.78 is 27.2. The van der Waals surface area contributed by atoms with E-state index in [-0.39, 0.29) is 17.3 Å². The predicted molar refractivity (Wildman–Crippen MR) is 87.3 cm³/mol. The molecule has 7 heteroatoms. The zero-order chi connectivity index (χ0) is 17.0. The van der Waals surface area contributed by atoms with E-state index in [1.165, 1.54) is 26.2 Å². The number of hydrogen-bond acceptors (Lipinski definition) is 3. The second-order valence-electron chi connectivity index (χ2n) is 5.33. The first-order chi connectivity index (χ1) is 10.8. The molecule has 2 aromatic rings. The molecule has 0 bridgehead atoms. The first kappa shape index (κ1) is 17.1. The number of anilines is 1. The molecule has 23 heavy (non-hydrogen) atoms. The highest BCUT2D eigenvalue weighted by Gasteiger charge is 2.18. The van der Waals surface area contributed by atoms with E-state index in [1.54, 1.807) is 12.1 Å². The summed E-state index contributed by atoms with van der Waals surface area (Å²) in [4.78, 5) is 12.3. The molecule has 0 aliphatic heterocycles. The molecule has 0 unspecified atom stereocenters. The Kier molecular flexibility index (Phi) is 5.12. The number of benzene rings is 1. The van der Waals surface area contributed by atoms with Crippen LogP contribution < -0.4 is 9.88 Å². The van der Waals surface area contributed by atoms with Gasteiger partial charge in [0, 0.05) is 38.8 Å². The third-order valence-corrected chi connectivity index (χ3v) is 5.19. The maximum atomic E-state index is 12.1. The van der Waals surface area contributed by atoms with Crippen molar-refractivity contribution in [2.24, 2.45) is 0 Å². The summed E-state index contributed by atoms with van der Waals surface area (Å²) in [5, 5.41) is 2.73. The zero-order valence-corrected chi connectivity index (χ0v) is 14.2. The fraction of sp³-hybridized carbons (Fsp3) is 0.250. The number of carbonyl (C=O) groups excluding carboxylic acids is 1. The Hall–Kier alpha value is -2.25. The standard InChI is InChI=1S/C16H19N3O3S/c1-13-7-4-5-10-19(13)12-16(20)17-14-8-6-9-15(11-14)23(21,22)18(2)3/h4-11H,12H2,1-3H3/p+1. The van der Waals surface area contributed by atoms with E-state index in [2.05, 4.69) is 5.32 Å². The molecule has 0 saturated carbocycles. The van der Waals surface area contributed by atoms with Crippen LogP contribution in [0.25, 0.3) is 0 Å². The van der Waals surface area contributed by atoms with Gasteiger partial charge in [0.15, 0.2) is 11.9 Å². The van der Waals surface area contributed by atoms with Gasteiger partial charge in [0.1, 0.15) is 0 Å². The van der Waals surface area contributed by atoms with Crippen molar-refractivity contribution in [2.75, 3.05) is 19.4 Å². The molecule has 1 aromatic carbocycles. The van der Waals surface area contributed by atoms with Crippen LogP contribution >= 0.6 is 0 Å². The normalized spacial score (nSPS) is 11.5. The van der Waals surface area contributed by atoms with Gasteiger partial charge >= 0.3 is 0 Å². The number of rotatable bonds is 5. The number of pyridine rings is 1. The number of nitrogens with one attached hydrogen (secondary N) is 1. The van der Waals surface area contributed by atoms with Gasteiger partial charge in [-0.3, -0.25) is 4.79 Å². The van der Waals surface area contributed by atoms with Crippen LogP contribution in [-0.2, 0) is 21.4 Å². The average molecular weight is 334 g/mol. The minimum absolute atomic E-state index is 0.142. The Morgan fingerprint density at radius 3 is 2.57 bits per heavy atom. The highest BCUT2D eigenvalue weighted by Crippen LogP contribution is 2.17. The molecule has 0 radical (unpaired) electrons. The molecule has 6 nitrogen and oxygen atoms in total. The van der Waals surface area contributed by atoms with Crippen molar-refractivity contribution < 1.29 is 17.8 Å². The quantitative estimate of drug-likeness (QED) is 0.835. The molecule has 0 saturated heterocycles. The zero-order valence-electron chi connectivity index (χ0n) is 13.4. The van der Waals surface area contributed by atoms with E-state index >= 15 is 0 Å². The van der Waals surface area contributed by atoms with Gasteiger partial charge in [0.05, 0.1) is 4.90 Å². The molecule has 1 N–H and O–H groups in total. The maximum Gasteiger partial charge on any atom is 0.290 e. The Bertz CT molecular complexity index is 817. The molecule has 0 aliphatic rings. The van der Waals surface area contributed by atoms with E-state index in [9.17, 15) is 13.2 Å². The minimum atomic E-state index is -3.52. The van der Waals surface area contributed by atoms with Gasteiger partial charge in [-0.15, -0.1) is 0 Å². The third-order valence-electron chi connectivity index (χ3n) is 3.38. The second kappa shape index (κ2) is 6.89. The van der Waals surface area contributed by atoms with Gasteiger partial charge in [0.2, 0.25) is 16.6 Å². The van der Waals surface area contributed by atoms with Crippen LogP contribution in [0.4, 0.5) is 5.69 Å². The van der Waals surface area contributed by atoms with Crippen LogP contribution in [0.5, 0.6) is 0 Å². The lowest BCUT2D eigenvalue weighted by Gasteiger charge is -2.12. The first-order valence-corrected chi connectivity index (χ1v) is 8.52. The molecule has 122 valence electrons. The molecule has 0 spiro atoms. The van der Waals surface area contributed by atoms with Crippen molar-refractivity contribution in [2.45, 2.75) is 18.4 Å². The molecule has 1 aromatic heterocycles. The van der Waals surface area contributed by atoms with E-state index < -0.39 is 10.0 Å². The molecule has 1 heterocycles. The third kappa shape index (κ3) is 4.14. The lowest BCUT2D eigenvalue weighted by Crippen LogP contribution is -2.42. The number of aromatic nitrogens is 1. The van der Waals surface area contributed by atoms with Crippen molar-refractivity contribution in [1.82, 2.24) is 4.31 Å². The van der Waals surface area contributed by atoms with E-state index in [0.29, 0.717) is 5.69 Å². The van der Waals surface area contributed by atoms with Crippen LogP contribution in [0.3, 0.4) is 0 Å². The van der Waals surface area contributed by atoms with Crippen molar-refractivity contribution >= 4 is 21.6 Å². The van der Waals surface area contributed by atoms with Crippen LogP contribution in [0.1, 0.15) is 5.69 Å². The number of carbonyl (C=O) groups is 1. The summed E-state index contributed by atoms with van der Waals surface area (Å²) in [6.07, 6.45) is 1.82. The van der Waals surface area contributed by atoms with E-state index in [4.69, 9.17) is 0 Å². The summed E-state index contributed by atoms with van der Waals surface area (Å²) in [6, 6.07) is 11.9. The summed E-state index contributed by atoms with van der Waals surface area (Å²) >= 11 is 0. The molecule has 2 rings (SSSR count). The van der Waals surface area contributed by atoms with Gasteiger partial charge in [-0.25, -0.2) is 12.7 Å². The Balaban J connectivity index is 2.15. The van der Waals surface area contributed by atoms with E-state index in [0.717, 1.165) is 10.00 Å². The fourth-order valence-electron chi connectivity index (χ4n) is 2.04. The van der Waals surface area contributed by atoms with Crippen molar-refractivity contribution in [3.05, 3.63) is 54.4 Å². The largest absolute Gasteiger partial charge is 0.321 e. The molecule has 0 fully saturated rings. The van der Waals surface area contributed by atoms with Crippen molar-refractivity contribution in [3.8, 4) is 0 Å². The van der Waals surface area contributed by atoms with E-state index in [1.807, 2.05) is 35.9 Å². The smallest absolute Gasteiger partial charge is 0.290 e. The van der Waals surface area contributed by atoms with Gasteiger partial charge in [-0.2, -0.15) is 4.57 Å². The van der Waals surface area contributed by atoms with Crippen molar-refractivity contribution in [3.63, 3.8) is 0 Å². The first-order valence-electron chi connectivity index (χ1n) is 7.08. The molecule has 0 aliphatic carbocycles. The number of amides is 1. The topological polar surface area (TPSA) is 70.4 Å². The van der Waals surface area contributed by atoms with Crippen molar-refractivity contribution in [1.29, 1.82) is 0 Å². The molecular formula is C16H20N3O3S+. The summed E-state index contributed by atoms with van der Waals surface area (Å²) in [7, 11) is -0.589. The number of hydrogen-bond donors (Lipinski definition) is 1. The van der Waals surface area contributed by atoms with Crippen LogP contribution in [0, 0.1) is 6.92 Å². The lowest BCUT2D eigenvalue weighted by molar-refractivity contribution is -0.690. The fourth-order valence-corrected chi connectivity index (χ4v) is 2.99. The Morgan fingerprint density at radius 2 is 1.91 bits per heavy atom. The molecule has 1 amide bonds. The molecular weight excluding hydrogens is 314 g/mol. The number of aryl methyl sites for hydroxylation is 1. The second-order valence-corrected chi connectivity index (χ2v) is 7.49. The van der Waals surface area contributed by atoms with Crippen LogP contribution in [0.15, 0.2) is 53.6 Å². The van der Waals surface area contributed by atoms with Gasteiger partial charge in [-0.1, -0.05) is 12.1 Å². The summed E-state index contributed by atoms with van der Waals surface area (Å²) in [6.45, 7) is 2.08. The summed E-state index contributed by atoms with van der Waals surface area (Å²) in [5.74, 6) is -0.219. The monoisotopic (exact) mass is 334 g/mol. The van der Waals surface area contributed by atoms with Crippen LogP contribution in [0.2, 0.25) is 0 Å².